The lowest BCUT2D eigenvalue weighted by molar-refractivity contribution is -0.114. The van der Waals surface area contributed by atoms with Gasteiger partial charge in [-0.15, -0.1) is 0 Å². The molecule has 1 atom stereocenters. The zero-order valence-electron chi connectivity index (χ0n) is 14.9. The maximum Gasteiger partial charge on any atom is 0.253 e. The highest BCUT2D eigenvalue weighted by Crippen LogP contribution is 2.29. The van der Waals surface area contributed by atoms with Crippen molar-refractivity contribution < 1.29 is 9.59 Å². The van der Waals surface area contributed by atoms with Gasteiger partial charge in [0.05, 0.1) is 0 Å². The van der Waals surface area contributed by atoms with Crippen LogP contribution in [0.3, 0.4) is 0 Å². The van der Waals surface area contributed by atoms with Crippen molar-refractivity contribution >= 4 is 97.9 Å². The zero-order chi connectivity index (χ0) is 21.6. The first-order chi connectivity index (χ1) is 13.5. The summed E-state index contributed by atoms with van der Waals surface area (Å²) in [7, 11) is 0. The molecule has 0 heterocycles. The second-order valence-corrected chi connectivity index (χ2v) is 9.84. The number of carbonyl (C=O) groups excluding carboxylic acids is 2. The molecule has 0 fully saturated rings. The second-order valence-electron chi connectivity index (χ2n) is 5.82. The van der Waals surface area contributed by atoms with Crippen molar-refractivity contribution in [3.8, 4) is 0 Å². The van der Waals surface area contributed by atoms with Crippen LogP contribution in [0.4, 0.5) is 11.4 Å². The third-order valence-corrected chi connectivity index (χ3v) is 4.95. The summed E-state index contributed by atoms with van der Waals surface area (Å²) < 4.78 is -0.980. The summed E-state index contributed by atoms with van der Waals surface area (Å²) >= 11 is 25.4. The van der Waals surface area contributed by atoms with Crippen molar-refractivity contribution in [3.63, 3.8) is 0 Å². The normalized spacial score (nSPS) is 11.9. The van der Waals surface area contributed by atoms with E-state index in [1.165, 1.54) is 6.92 Å². The fourth-order valence-corrected chi connectivity index (χ4v) is 3.33. The second kappa shape index (κ2) is 10.6. The van der Waals surface area contributed by atoms with E-state index in [4.69, 9.17) is 47.0 Å². The number of benzene rings is 2. The highest BCUT2D eigenvalue weighted by molar-refractivity contribution is 14.1. The third-order valence-electron chi connectivity index (χ3n) is 3.41. The number of nitrogens with one attached hydrogen (secondary N) is 4. The van der Waals surface area contributed by atoms with Crippen molar-refractivity contribution in [3.05, 3.63) is 57.7 Å². The number of anilines is 2. The van der Waals surface area contributed by atoms with Crippen LogP contribution in [-0.2, 0) is 4.79 Å². The molecule has 154 valence electrons. The van der Waals surface area contributed by atoms with Gasteiger partial charge in [-0.3, -0.25) is 9.59 Å². The molecule has 0 saturated heterocycles. The Kier molecular flexibility index (Phi) is 8.77. The highest BCUT2D eigenvalue weighted by atomic mass is 127. The smallest absolute Gasteiger partial charge is 0.253 e. The summed E-state index contributed by atoms with van der Waals surface area (Å²) in [5.41, 5.74) is 1.61. The van der Waals surface area contributed by atoms with E-state index >= 15 is 0 Å². The number of carbonyl (C=O) groups is 2. The number of hydrogen-bond donors (Lipinski definition) is 4. The lowest BCUT2D eigenvalue weighted by atomic mass is 10.2. The van der Waals surface area contributed by atoms with Gasteiger partial charge >= 0.3 is 0 Å². The SMILES string of the molecule is CC(=O)Nc1cccc(NC(=S)NC(NC(=O)c2cccc(I)c2)C(Cl)(Cl)Cl)c1. The average molecular weight is 586 g/mol. The van der Waals surface area contributed by atoms with E-state index in [-0.39, 0.29) is 11.0 Å². The van der Waals surface area contributed by atoms with E-state index in [9.17, 15) is 9.59 Å². The van der Waals surface area contributed by atoms with Crippen LogP contribution in [0.5, 0.6) is 0 Å². The molecule has 0 spiro atoms. The Morgan fingerprint density at radius 3 is 2.21 bits per heavy atom. The summed E-state index contributed by atoms with van der Waals surface area (Å²) in [4.78, 5) is 23.7. The Bertz CT molecular complexity index is 924. The monoisotopic (exact) mass is 584 g/mol. The van der Waals surface area contributed by atoms with Crippen LogP contribution in [0.15, 0.2) is 48.5 Å². The number of halogens is 4. The van der Waals surface area contributed by atoms with Crippen molar-refractivity contribution in [2.75, 3.05) is 10.6 Å². The van der Waals surface area contributed by atoms with Gasteiger partial charge in [0.15, 0.2) is 5.11 Å². The van der Waals surface area contributed by atoms with Gasteiger partial charge in [-0.1, -0.05) is 46.9 Å². The van der Waals surface area contributed by atoms with Crippen LogP contribution >= 0.6 is 69.6 Å². The molecule has 0 aromatic heterocycles. The predicted molar refractivity (Wildman–Crippen MR) is 131 cm³/mol. The molecule has 2 aromatic rings. The summed E-state index contributed by atoms with van der Waals surface area (Å²) in [6, 6.07) is 13.9. The van der Waals surface area contributed by atoms with E-state index < -0.39 is 15.9 Å². The van der Waals surface area contributed by atoms with E-state index in [1.807, 2.05) is 6.07 Å². The van der Waals surface area contributed by atoms with Crippen molar-refractivity contribution in [1.29, 1.82) is 0 Å². The van der Waals surface area contributed by atoms with E-state index in [1.54, 1.807) is 42.5 Å². The average Bonchev–Trinajstić information content (AvgIpc) is 2.60. The lowest BCUT2D eigenvalue weighted by Gasteiger charge is -2.28. The molecule has 2 rings (SSSR count). The van der Waals surface area contributed by atoms with Crippen molar-refractivity contribution in [1.82, 2.24) is 10.6 Å². The van der Waals surface area contributed by atoms with Crippen LogP contribution in [-0.4, -0.2) is 26.9 Å². The van der Waals surface area contributed by atoms with Crippen LogP contribution < -0.4 is 21.3 Å². The zero-order valence-corrected chi connectivity index (χ0v) is 20.2. The summed E-state index contributed by atoms with van der Waals surface area (Å²) in [5.74, 6) is -0.625. The quantitative estimate of drug-likeness (QED) is 0.178. The molecule has 4 N–H and O–H groups in total. The first-order valence-electron chi connectivity index (χ1n) is 8.13. The molecule has 0 aliphatic heterocycles. The molecule has 0 bridgehead atoms. The molecule has 1 unspecified atom stereocenters. The Balaban J connectivity index is 2.07. The molecule has 6 nitrogen and oxygen atoms in total. The predicted octanol–water partition coefficient (Wildman–Crippen LogP) is 4.66. The Morgan fingerprint density at radius 1 is 1.00 bits per heavy atom. The van der Waals surface area contributed by atoms with Gasteiger partial charge in [0.1, 0.15) is 6.17 Å². The topological polar surface area (TPSA) is 82.3 Å². The van der Waals surface area contributed by atoms with Crippen LogP contribution in [0.2, 0.25) is 0 Å². The number of thiocarbonyl (C=S) groups is 1. The van der Waals surface area contributed by atoms with Gasteiger partial charge in [-0.05, 0) is 71.2 Å². The van der Waals surface area contributed by atoms with Crippen LogP contribution in [0.25, 0.3) is 0 Å². The van der Waals surface area contributed by atoms with Gasteiger partial charge in [0, 0.05) is 27.4 Å². The standard InChI is InChI=1S/C18H16Cl3IN4O2S/c1-10(27)23-13-6-3-7-14(9-13)24-17(29)26-16(18(19,20)21)25-15(28)11-4-2-5-12(22)8-11/h2-9,16H,1H3,(H,23,27)(H,25,28)(H2,24,26,29). The molecule has 0 aliphatic carbocycles. The fourth-order valence-electron chi connectivity index (χ4n) is 2.22. The Hall–Kier alpha value is -1.33. The maximum absolute atomic E-state index is 12.5. The molecular formula is C18H16Cl3IN4O2S. The van der Waals surface area contributed by atoms with Crippen molar-refractivity contribution in [2.24, 2.45) is 0 Å². The van der Waals surface area contributed by atoms with E-state index in [2.05, 4.69) is 43.9 Å². The van der Waals surface area contributed by atoms with E-state index in [0.29, 0.717) is 16.9 Å². The number of alkyl halides is 3. The highest BCUT2D eigenvalue weighted by Gasteiger charge is 2.35. The van der Waals surface area contributed by atoms with Gasteiger partial charge in [0.25, 0.3) is 5.91 Å². The van der Waals surface area contributed by atoms with Gasteiger partial charge in [-0.2, -0.15) is 0 Å². The molecule has 0 radical (unpaired) electrons. The Morgan fingerprint density at radius 2 is 1.62 bits per heavy atom. The third kappa shape index (κ3) is 8.13. The molecule has 2 aromatic carbocycles. The number of rotatable bonds is 5. The molecular weight excluding hydrogens is 570 g/mol. The molecule has 2 amide bonds. The minimum Gasteiger partial charge on any atom is -0.339 e. The fraction of sp³-hybridized carbons (Fsp3) is 0.167. The summed E-state index contributed by atoms with van der Waals surface area (Å²) in [6.45, 7) is 1.41. The first-order valence-corrected chi connectivity index (χ1v) is 10.7. The van der Waals surface area contributed by atoms with Gasteiger partial charge < -0.3 is 21.3 Å². The minimum atomic E-state index is -1.87. The van der Waals surface area contributed by atoms with Crippen LogP contribution in [0, 0.1) is 3.57 Å². The van der Waals surface area contributed by atoms with Crippen LogP contribution in [0.1, 0.15) is 17.3 Å². The first kappa shape index (κ1) is 23.9. The van der Waals surface area contributed by atoms with Gasteiger partial charge in [0.2, 0.25) is 9.70 Å². The molecule has 29 heavy (non-hydrogen) atoms. The number of hydrogen-bond acceptors (Lipinski definition) is 3. The molecule has 11 heteroatoms. The van der Waals surface area contributed by atoms with Gasteiger partial charge in [-0.25, -0.2) is 0 Å². The summed E-state index contributed by atoms with van der Waals surface area (Å²) in [5, 5.41) is 11.1. The van der Waals surface area contributed by atoms with Crippen molar-refractivity contribution in [2.45, 2.75) is 16.9 Å². The molecule has 0 aliphatic rings. The summed E-state index contributed by atoms with van der Waals surface area (Å²) in [6.07, 6.45) is -1.10. The van der Waals surface area contributed by atoms with E-state index in [0.717, 1.165) is 3.57 Å². The number of amides is 2. The minimum absolute atomic E-state index is 0.115. The lowest BCUT2D eigenvalue weighted by Crippen LogP contribution is -2.56. The molecule has 0 saturated carbocycles. The maximum atomic E-state index is 12.5. The Labute approximate surface area is 202 Å². The largest absolute Gasteiger partial charge is 0.339 e.